The van der Waals surface area contributed by atoms with Crippen LogP contribution in [0, 0.1) is 5.92 Å². The summed E-state index contributed by atoms with van der Waals surface area (Å²) in [6.07, 6.45) is 4.69. The van der Waals surface area contributed by atoms with Crippen molar-refractivity contribution in [3.63, 3.8) is 0 Å². The second-order valence-corrected chi connectivity index (χ2v) is 9.04. The number of aromatic nitrogens is 1. The number of pyridine rings is 1. The molecule has 0 aliphatic carbocycles. The van der Waals surface area contributed by atoms with Gasteiger partial charge in [-0.15, -0.1) is 11.8 Å². The molecular weight excluding hydrogens is 264 g/mol. The topological polar surface area (TPSA) is 16.1 Å². The fourth-order valence-corrected chi connectivity index (χ4v) is 3.72. The van der Waals surface area contributed by atoms with Crippen molar-refractivity contribution in [3.05, 3.63) is 23.9 Å². The Labute approximate surface area is 128 Å². The van der Waals surface area contributed by atoms with Gasteiger partial charge in [0.2, 0.25) is 0 Å². The Morgan fingerprint density at radius 3 is 2.65 bits per heavy atom. The van der Waals surface area contributed by atoms with Crippen LogP contribution in [-0.4, -0.2) is 27.7 Å². The van der Waals surface area contributed by atoms with E-state index in [0.717, 1.165) is 10.9 Å². The highest BCUT2D eigenvalue weighted by Gasteiger charge is 2.26. The predicted octanol–water partition coefficient (Wildman–Crippen LogP) is 4.77. The standard InChI is InChI=1S/C17H28N2S/c1-13(2)12-19-10-6-7-15(19)14-8-9-16(18-11-14)20-17(3,4)5/h8-9,11,13,15H,6-7,10,12H2,1-5H3/t15-/m0/s1. The third-order valence-electron chi connectivity index (χ3n) is 3.52. The molecule has 0 radical (unpaired) electrons. The third kappa shape index (κ3) is 4.49. The first-order valence-electron chi connectivity index (χ1n) is 7.74. The van der Waals surface area contributed by atoms with E-state index in [4.69, 9.17) is 0 Å². The van der Waals surface area contributed by atoms with Crippen LogP contribution in [0.2, 0.25) is 0 Å². The maximum Gasteiger partial charge on any atom is 0.0965 e. The highest BCUT2D eigenvalue weighted by molar-refractivity contribution is 8.00. The van der Waals surface area contributed by atoms with Gasteiger partial charge in [0.1, 0.15) is 0 Å². The van der Waals surface area contributed by atoms with Gasteiger partial charge in [-0.25, -0.2) is 4.98 Å². The van der Waals surface area contributed by atoms with E-state index < -0.39 is 0 Å². The lowest BCUT2D eigenvalue weighted by molar-refractivity contribution is 0.228. The molecule has 1 atom stereocenters. The van der Waals surface area contributed by atoms with Gasteiger partial charge in [-0.1, -0.05) is 40.7 Å². The van der Waals surface area contributed by atoms with E-state index in [2.05, 4.69) is 62.8 Å². The van der Waals surface area contributed by atoms with E-state index in [1.165, 1.54) is 31.5 Å². The molecule has 1 aromatic heterocycles. The molecule has 0 bridgehead atoms. The number of thioether (sulfide) groups is 1. The predicted molar refractivity (Wildman–Crippen MR) is 88.2 cm³/mol. The summed E-state index contributed by atoms with van der Waals surface area (Å²) in [6.45, 7) is 13.7. The van der Waals surface area contributed by atoms with Crippen molar-refractivity contribution in [3.8, 4) is 0 Å². The molecular formula is C17H28N2S. The van der Waals surface area contributed by atoms with E-state index >= 15 is 0 Å². The lowest BCUT2D eigenvalue weighted by Gasteiger charge is -2.26. The molecule has 2 heterocycles. The maximum absolute atomic E-state index is 4.66. The van der Waals surface area contributed by atoms with Gasteiger partial charge < -0.3 is 0 Å². The minimum atomic E-state index is 0.228. The van der Waals surface area contributed by atoms with Crippen LogP contribution < -0.4 is 0 Å². The maximum atomic E-state index is 4.66. The van der Waals surface area contributed by atoms with Gasteiger partial charge in [0.25, 0.3) is 0 Å². The van der Waals surface area contributed by atoms with Crippen molar-refractivity contribution < 1.29 is 0 Å². The molecule has 0 N–H and O–H groups in total. The van der Waals surface area contributed by atoms with Crippen LogP contribution in [0.15, 0.2) is 23.4 Å². The Bertz CT molecular complexity index is 420. The highest BCUT2D eigenvalue weighted by atomic mass is 32.2. The molecule has 1 aliphatic rings. The SMILES string of the molecule is CC(C)CN1CCC[C@H]1c1ccc(SC(C)(C)C)nc1. The Balaban J connectivity index is 2.05. The average Bonchev–Trinajstić information content (AvgIpc) is 2.75. The number of hydrogen-bond acceptors (Lipinski definition) is 3. The van der Waals surface area contributed by atoms with E-state index in [0.29, 0.717) is 6.04 Å². The highest BCUT2D eigenvalue weighted by Crippen LogP contribution is 2.34. The largest absolute Gasteiger partial charge is 0.296 e. The quantitative estimate of drug-likeness (QED) is 0.744. The van der Waals surface area contributed by atoms with Gasteiger partial charge in [0.05, 0.1) is 5.03 Å². The van der Waals surface area contributed by atoms with Crippen molar-refractivity contribution in [1.29, 1.82) is 0 Å². The molecule has 0 saturated carbocycles. The van der Waals surface area contributed by atoms with E-state index in [1.807, 2.05) is 11.8 Å². The van der Waals surface area contributed by atoms with Gasteiger partial charge in [-0.2, -0.15) is 0 Å². The van der Waals surface area contributed by atoms with Gasteiger partial charge in [0, 0.05) is 23.5 Å². The molecule has 1 saturated heterocycles. The summed E-state index contributed by atoms with van der Waals surface area (Å²) in [5, 5.41) is 1.13. The number of hydrogen-bond donors (Lipinski definition) is 0. The first-order valence-corrected chi connectivity index (χ1v) is 8.56. The van der Waals surface area contributed by atoms with Gasteiger partial charge >= 0.3 is 0 Å². The Hall–Kier alpha value is -0.540. The summed E-state index contributed by atoms with van der Waals surface area (Å²) in [5.41, 5.74) is 1.39. The smallest absolute Gasteiger partial charge is 0.0965 e. The number of nitrogens with zero attached hydrogens (tertiary/aromatic N) is 2. The first-order chi connectivity index (χ1) is 9.35. The normalized spacial score (nSPS) is 20.8. The van der Waals surface area contributed by atoms with Crippen LogP contribution in [0.1, 0.15) is 59.1 Å². The zero-order valence-corrected chi connectivity index (χ0v) is 14.3. The summed E-state index contributed by atoms with van der Waals surface area (Å²) in [6, 6.07) is 5.06. The summed E-state index contributed by atoms with van der Waals surface area (Å²) in [7, 11) is 0. The molecule has 1 fully saturated rings. The molecule has 0 aromatic carbocycles. The first kappa shape index (κ1) is 15.8. The summed E-state index contributed by atoms with van der Waals surface area (Å²) >= 11 is 1.84. The van der Waals surface area contributed by atoms with Crippen LogP contribution in [0.25, 0.3) is 0 Å². The molecule has 0 unspecified atom stereocenters. The molecule has 0 spiro atoms. The molecule has 2 nitrogen and oxygen atoms in total. The summed E-state index contributed by atoms with van der Waals surface area (Å²) < 4.78 is 0.228. The molecule has 3 heteroatoms. The minimum Gasteiger partial charge on any atom is -0.296 e. The van der Waals surface area contributed by atoms with Crippen molar-refractivity contribution in [1.82, 2.24) is 9.88 Å². The number of likely N-dealkylation sites (tertiary alicyclic amines) is 1. The monoisotopic (exact) mass is 292 g/mol. The van der Waals surface area contributed by atoms with Crippen molar-refractivity contribution in [2.24, 2.45) is 5.92 Å². The Morgan fingerprint density at radius 2 is 2.10 bits per heavy atom. The average molecular weight is 292 g/mol. The fraction of sp³-hybridized carbons (Fsp3) is 0.706. The zero-order valence-electron chi connectivity index (χ0n) is 13.5. The Kier molecular flexibility index (Phi) is 5.14. The second-order valence-electron chi connectivity index (χ2n) is 7.19. The molecule has 1 aromatic rings. The van der Waals surface area contributed by atoms with Crippen LogP contribution in [0.5, 0.6) is 0 Å². The fourth-order valence-electron chi connectivity index (χ4n) is 2.85. The molecule has 2 rings (SSSR count). The molecule has 0 amide bonds. The summed E-state index contributed by atoms with van der Waals surface area (Å²) in [5.74, 6) is 0.735. The van der Waals surface area contributed by atoms with Gasteiger partial charge in [-0.05, 0) is 36.9 Å². The molecule has 1 aliphatic heterocycles. The number of rotatable bonds is 4. The van der Waals surface area contributed by atoms with Crippen molar-refractivity contribution >= 4 is 11.8 Å². The van der Waals surface area contributed by atoms with Crippen molar-refractivity contribution in [2.45, 2.75) is 63.3 Å². The molecule has 20 heavy (non-hydrogen) atoms. The summed E-state index contributed by atoms with van der Waals surface area (Å²) in [4.78, 5) is 7.28. The van der Waals surface area contributed by atoms with Crippen molar-refractivity contribution in [2.75, 3.05) is 13.1 Å². The molecule has 112 valence electrons. The van der Waals surface area contributed by atoms with Crippen LogP contribution in [-0.2, 0) is 0 Å². The minimum absolute atomic E-state index is 0.228. The van der Waals surface area contributed by atoms with Gasteiger partial charge in [-0.3, -0.25) is 4.90 Å². The van der Waals surface area contributed by atoms with E-state index in [1.54, 1.807) is 0 Å². The van der Waals surface area contributed by atoms with Crippen LogP contribution in [0.3, 0.4) is 0 Å². The van der Waals surface area contributed by atoms with E-state index in [-0.39, 0.29) is 4.75 Å². The lowest BCUT2D eigenvalue weighted by Crippen LogP contribution is -2.27. The Morgan fingerprint density at radius 1 is 1.35 bits per heavy atom. The lowest BCUT2D eigenvalue weighted by atomic mass is 10.1. The second kappa shape index (κ2) is 6.48. The van der Waals surface area contributed by atoms with Gasteiger partial charge in [0.15, 0.2) is 0 Å². The van der Waals surface area contributed by atoms with Crippen LogP contribution in [0.4, 0.5) is 0 Å². The third-order valence-corrected chi connectivity index (χ3v) is 4.58. The van der Waals surface area contributed by atoms with Crippen LogP contribution >= 0.6 is 11.8 Å². The van der Waals surface area contributed by atoms with E-state index in [9.17, 15) is 0 Å². The zero-order chi connectivity index (χ0) is 14.8.